The summed E-state index contributed by atoms with van der Waals surface area (Å²) in [5.74, 6) is 0.121. The number of hydrogen-bond acceptors (Lipinski definition) is 8. The van der Waals surface area contributed by atoms with Crippen molar-refractivity contribution in [1.82, 2.24) is 14.4 Å². The number of nitriles is 1. The maximum absolute atomic E-state index is 13.4. The number of nitrogens with one attached hydrogen (secondary N) is 1. The molecule has 0 aliphatic carbocycles. The molecule has 9 nitrogen and oxygen atoms in total. The maximum atomic E-state index is 13.4. The SMILES string of the molecule is CCc1nc(-c2cc(S(=O)(=O)N3CCC[C@@H](C(=O)Nc4cccc(C#N)c4)C3)c(C)s2)no1. The lowest BCUT2D eigenvalue weighted by Crippen LogP contribution is -2.43. The second kappa shape index (κ2) is 9.43. The van der Waals surface area contributed by atoms with Crippen molar-refractivity contribution in [3.8, 4) is 16.8 Å². The number of carbonyl (C=O) groups is 1. The van der Waals surface area contributed by atoms with Gasteiger partial charge in [0.15, 0.2) is 0 Å². The van der Waals surface area contributed by atoms with E-state index in [1.165, 1.54) is 15.6 Å². The van der Waals surface area contributed by atoms with Crippen molar-refractivity contribution < 1.29 is 17.7 Å². The van der Waals surface area contributed by atoms with Gasteiger partial charge in [0.05, 0.1) is 27.3 Å². The fourth-order valence-corrected chi connectivity index (χ4v) is 6.76. The Morgan fingerprint density at radius 2 is 2.21 bits per heavy atom. The molecule has 0 saturated carbocycles. The van der Waals surface area contributed by atoms with E-state index in [2.05, 4.69) is 15.5 Å². The molecule has 33 heavy (non-hydrogen) atoms. The summed E-state index contributed by atoms with van der Waals surface area (Å²) in [5.41, 5.74) is 0.959. The number of hydrogen-bond donors (Lipinski definition) is 1. The van der Waals surface area contributed by atoms with Crippen molar-refractivity contribution in [3.05, 3.63) is 46.7 Å². The molecule has 2 aromatic heterocycles. The number of aromatic nitrogens is 2. The van der Waals surface area contributed by atoms with Gasteiger partial charge in [0.2, 0.25) is 27.6 Å². The van der Waals surface area contributed by atoms with E-state index in [4.69, 9.17) is 9.78 Å². The van der Waals surface area contributed by atoms with Gasteiger partial charge in [0.1, 0.15) is 0 Å². The number of amides is 1. The van der Waals surface area contributed by atoms with Gasteiger partial charge in [-0.15, -0.1) is 11.3 Å². The third-order valence-electron chi connectivity index (χ3n) is 5.50. The Morgan fingerprint density at radius 3 is 2.94 bits per heavy atom. The van der Waals surface area contributed by atoms with Gasteiger partial charge in [-0.2, -0.15) is 14.6 Å². The minimum absolute atomic E-state index is 0.0962. The molecule has 3 heterocycles. The average Bonchev–Trinajstić information content (AvgIpc) is 3.46. The predicted octanol–water partition coefficient (Wildman–Crippen LogP) is 3.58. The second-order valence-electron chi connectivity index (χ2n) is 7.78. The molecule has 0 bridgehead atoms. The number of benzene rings is 1. The van der Waals surface area contributed by atoms with E-state index in [1.54, 1.807) is 37.3 Å². The summed E-state index contributed by atoms with van der Waals surface area (Å²) < 4.78 is 33.4. The molecule has 1 saturated heterocycles. The summed E-state index contributed by atoms with van der Waals surface area (Å²) >= 11 is 1.30. The average molecular weight is 486 g/mol. The highest BCUT2D eigenvalue weighted by Gasteiger charge is 2.35. The molecule has 1 N–H and O–H groups in total. The summed E-state index contributed by atoms with van der Waals surface area (Å²) in [6.07, 6.45) is 1.77. The van der Waals surface area contributed by atoms with Crippen molar-refractivity contribution in [3.63, 3.8) is 0 Å². The first kappa shape index (κ1) is 23.1. The van der Waals surface area contributed by atoms with Crippen LogP contribution in [0.5, 0.6) is 0 Å². The summed E-state index contributed by atoms with van der Waals surface area (Å²) in [6, 6.07) is 10.3. The van der Waals surface area contributed by atoms with Gasteiger partial charge < -0.3 is 9.84 Å². The molecule has 1 atom stereocenters. The van der Waals surface area contributed by atoms with Gasteiger partial charge in [-0.25, -0.2) is 8.42 Å². The number of carbonyl (C=O) groups excluding carboxylic acids is 1. The standard InChI is InChI=1S/C22H23N5O4S2/c1-3-20-25-21(26-31-20)18-11-19(14(2)32-18)33(29,30)27-9-5-7-16(13-27)22(28)24-17-8-4-6-15(10-17)12-23/h4,6,8,10-11,16H,3,5,7,9,13H2,1-2H3,(H,24,28)/t16-/m1/s1. The Bertz CT molecular complexity index is 1320. The normalized spacial score (nSPS) is 16.9. The Kier molecular flexibility index (Phi) is 6.60. The molecular formula is C22H23N5O4S2. The van der Waals surface area contributed by atoms with E-state index in [0.29, 0.717) is 58.5 Å². The molecular weight excluding hydrogens is 462 g/mol. The first-order chi connectivity index (χ1) is 15.8. The number of anilines is 1. The lowest BCUT2D eigenvalue weighted by Gasteiger charge is -2.31. The van der Waals surface area contributed by atoms with Crippen LogP contribution in [0.25, 0.3) is 10.7 Å². The quantitative estimate of drug-likeness (QED) is 0.565. The highest BCUT2D eigenvalue weighted by atomic mass is 32.2. The monoisotopic (exact) mass is 485 g/mol. The zero-order valence-corrected chi connectivity index (χ0v) is 19.9. The van der Waals surface area contributed by atoms with E-state index in [9.17, 15) is 13.2 Å². The number of aryl methyl sites for hydroxylation is 2. The van der Waals surface area contributed by atoms with E-state index < -0.39 is 15.9 Å². The molecule has 0 unspecified atom stereocenters. The summed E-state index contributed by atoms with van der Waals surface area (Å²) in [7, 11) is -3.79. The van der Waals surface area contributed by atoms with Crippen LogP contribution in [0.2, 0.25) is 0 Å². The van der Waals surface area contributed by atoms with Gasteiger partial charge in [-0.1, -0.05) is 18.1 Å². The van der Waals surface area contributed by atoms with Crippen molar-refractivity contribution in [2.45, 2.75) is 38.0 Å². The van der Waals surface area contributed by atoms with Crippen LogP contribution in [-0.2, 0) is 21.2 Å². The lowest BCUT2D eigenvalue weighted by molar-refractivity contribution is -0.120. The van der Waals surface area contributed by atoms with Crippen LogP contribution in [0.15, 0.2) is 39.8 Å². The third kappa shape index (κ3) is 4.83. The van der Waals surface area contributed by atoms with Gasteiger partial charge in [-0.05, 0) is 44.0 Å². The van der Waals surface area contributed by atoms with Crippen molar-refractivity contribution in [1.29, 1.82) is 5.26 Å². The Balaban J connectivity index is 1.51. The maximum Gasteiger partial charge on any atom is 0.244 e. The van der Waals surface area contributed by atoms with Gasteiger partial charge in [0.25, 0.3) is 0 Å². The summed E-state index contributed by atoms with van der Waals surface area (Å²) in [6.45, 7) is 4.09. The molecule has 1 aliphatic rings. The Labute approximate surface area is 196 Å². The van der Waals surface area contributed by atoms with E-state index in [-0.39, 0.29) is 17.3 Å². The zero-order valence-electron chi connectivity index (χ0n) is 18.2. The van der Waals surface area contributed by atoms with Crippen LogP contribution in [0.1, 0.15) is 36.1 Å². The molecule has 0 spiro atoms. The molecule has 4 rings (SSSR count). The topological polar surface area (TPSA) is 129 Å². The molecule has 3 aromatic rings. The van der Waals surface area contributed by atoms with Crippen LogP contribution < -0.4 is 5.32 Å². The lowest BCUT2D eigenvalue weighted by atomic mass is 9.98. The van der Waals surface area contributed by atoms with Crippen LogP contribution >= 0.6 is 11.3 Å². The van der Waals surface area contributed by atoms with Gasteiger partial charge in [0, 0.05) is 30.1 Å². The van der Waals surface area contributed by atoms with Crippen molar-refractivity contribution in [2.24, 2.45) is 5.92 Å². The van der Waals surface area contributed by atoms with Gasteiger partial charge >= 0.3 is 0 Å². The molecule has 1 fully saturated rings. The molecule has 11 heteroatoms. The first-order valence-corrected chi connectivity index (χ1v) is 12.8. The largest absolute Gasteiger partial charge is 0.339 e. The first-order valence-electron chi connectivity index (χ1n) is 10.6. The highest BCUT2D eigenvalue weighted by Crippen LogP contribution is 2.35. The number of piperidine rings is 1. The minimum Gasteiger partial charge on any atom is -0.339 e. The number of rotatable bonds is 6. The van der Waals surface area contributed by atoms with E-state index in [1.807, 2.05) is 13.0 Å². The second-order valence-corrected chi connectivity index (χ2v) is 10.9. The summed E-state index contributed by atoms with van der Waals surface area (Å²) in [4.78, 5) is 18.6. The minimum atomic E-state index is -3.79. The van der Waals surface area contributed by atoms with Crippen LogP contribution in [0, 0.1) is 24.2 Å². The summed E-state index contributed by atoms with van der Waals surface area (Å²) in [5, 5.41) is 15.8. The Morgan fingerprint density at radius 1 is 1.39 bits per heavy atom. The Hall–Kier alpha value is -3.07. The fraction of sp³-hybridized carbons (Fsp3) is 0.364. The number of thiophene rings is 1. The molecule has 1 aliphatic heterocycles. The van der Waals surface area contributed by atoms with Crippen LogP contribution in [-0.4, -0.2) is 41.9 Å². The van der Waals surface area contributed by atoms with Crippen molar-refractivity contribution in [2.75, 3.05) is 18.4 Å². The third-order valence-corrected chi connectivity index (χ3v) is 8.66. The number of sulfonamides is 1. The highest BCUT2D eigenvalue weighted by molar-refractivity contribution is 7.89. The fourth-order valence-electron chi connectivity index (χ4n) is 3.75. The smallest absolute Gasteiger partial charge is 0.244 e. The molecule has 1 amide bonds. The number of nitrogens with zero attached hydrogens (tertiary/aromatic N) is 4. The van der Waals surface area contributed by atoms with Crippen LogP contribution in [0.4, 0.5) is 5.69 Å². The van der Waals surface area contributed by atoms with Crippen molar-refractivity contribution >= 4 is 33.0 Å². The molecule has 172 valence electrons. The zero-order chi connectivity index (χ0) is 23.6. The van der Waals surface area contributed by atoms with Gasteiger partial charge in [-0.3, -0.25) is 4.79 Å². The van der Waals surface area contributed by atoms with E-state index in [0.717, 1.165) is 0 Å². The molecule has 0 radical (unpaired) electrons. The van der Waals surface area contributed by atoms with Crippen LogP contribution in [0.3, 0.4) is 0 Å². The molecule has 1 aromatic carbocycles. The predicted molar refractivity (Wildman–Crippen MR) is 123 cm³/mol. The van der Waals surface area contributed by atoms with E-state index >= 15 is 0 Å².